The molecule has 0 heteroatoms. The van der Waals surface area contributed by atoms with Crippen molar-refractivity contribution in [2.24, 2.45) is 0 Å². The van der Waals surface area contributed by atoms with Crippen LogP contribution in [0.1, 0.15) is 82.7 Å². The maximum absolute atomic E-state index is 2.51. The Morgan fingerprint density at radius 3 is 1.63 bits per heavy atom. The molecule has 2 aliphatic carbocycles. The summed E-state index contributed by atoms with van der Waals surface area (Å²) >= 11 is 0. The van der Waals surface area contributed by atoms with Gasteiger partial charge in [-0.25, -0.2) is 0 Å². The summed E-state index contributed by atoms with van der Waals surface area (Å²) in [5.74, 6) is 0. The molecule has 0 spiro atoms. The molecule has 0 saturated carbocycles. The van der Waals surface area contributed by atoms with Gasteiger partial charge in [-0.15, -0.1) is 0 Å². The van der Waals surface area contributed by atoms with E-state index in [1.807, 2.05) is 0 Å². The highest BCUT2D eigenvalue weighted by molar-refractivity contribution is 6.25. The van der Waals surface area contributed by atoms with Gasteiger partial charge in [0.05, 0.1) is 0 Å². The quantitative estimate of drug-likeness (QED) is 0.166. The molecular formula is C51H44. The fourth-order valence-corrected chi connectivity index (χ4v) is 9.73. The Morgan fingerprint density at radius 2 is 0.961 bits per heavy atom. The minimum atomic E-state index is -0.0733. The largest absolute Gasteiger partial charge is 0.0642 e. The highest BCUT2D eigenvalue weighted by atomic mass is 14.4. The number of benzene rings is 8. The first-order valence-corrected chi connectivity index (χ1v) is 18.7. The smallest absolute Gasteiger partial charge is 0.0184 e. The fourth-order valence-electron chi connectivity index (χ4n) is 9.73. The van der Waals surface area contributed by atoms with E-state index in [2.05, 4.69) is 176 Å². The van der Waals surface area contributed by atoms with Gasteiger partial charge in [0, 0.05) is 10.8 Å². The number of rotatable bonds is 3. The molecule has 0 saturated heterocycles. The van der Waals surface area contributed by atoms with Gasteiger partial charge in [0.2, 0.25) is 0 Å². The third-order valence-electron chi connectivity index (χ3n) is 12.9. The summed E-state index contributed by atoms with van der Waals surface area (Å²) in [5, 5.41) is 8.10. The van der Waals surface area contributed by atoms with Crippen LogP contribution in [0.15, 0.2) is 127 Å². The van der Waals surface area contributed by atoms with Crippen molar-refractivity contribution in [1.82, 2.24) is 0 Å². The monoisotopic (exact) mass is 656 g/mol. The molecule has 0 fully saturated rings. The lowest BCUT2D eigenvalue weighted by atomic mass is 9.76. The Morgan fingerprint density at radius 1 is 0.451 bits per heavy atom. The van der Waals surface area contributed by atoms with Gasteiger partial charge in [-0.2, -0.15) is 0 Å². The van der Waals surface area contributed by atoms with E-state index in [9.17, 15) is 0 Å². The summed E-state index contributed by atoms with van der Waals surface area (Å²) < 4.78 is 0. The molecule has 51 heavy (non-hydrogen) atoms. The maximum atomic E-state index is 2.51. The molecule has 0 nitrogen and oxygen atoms in total. The molecule has 0 amide bonds. The summed E-state index contributed by atoms with van der Waals surface area (Å²) in [7, 11) is 0. The van der Waals surface area contributed by atoms with Gasteiger partial charge in [-0.3, -0.25) is 0 Å². The van der Waals surface area contributed by atoms with Gasteiger partial charge in [0.1, 0.15) is 0 Å². The summed E-state index contributed by atoms with van der Waals surface area (Å²) in [6.45, 7) is 16.5. The molecule has 0 aliphatic heterocycles. The second-order valence-electron chi connectivity index (χ2n) is 17.1. The minimum Gasteiger partial charge on any atom is -0.0642 e. The van der Waals surface area contributed by atoms with Crippen molar-refractivity contribution in [3.63, 3.8) is 0 Å². The van der Waals surface area contributed by atoms with E-state index in [-0.39, 0.29) is 16.2 Å². The van der Waals surface area contributed by atoms with E-state index in [0.717, 1.165) is 6.42 Å². The van der Waals surface area contributed by atoms with Crippen LogP contribution in [0.4, 0.5) is 0 Å². The van der Waals surface area contributed by atoms with Crippen LogP contribution >= 0.6 is 0 Å². The van der Waals surface area contributed by atoms with Crippen LogP contribution in [-0.4, -0.2) is 0 Å². The van der Waals surface area contributed by atoms with E-state index < -0.39 is 0 Å². The van der Waals surface area contributed by atoms with E-state index in [0.29, 0.717) is 0 Å². The van der Waals surface area contributed by atoms with Crippen molar-refractivity contribution < 1.29 is 0 Å². The molecule has 248 valence electrons. The highest BCUT2D eigenvalue weighted by Gasteiger charge is 2.39. The Balaban J connectivity index is 1.08. The molecule has 1 atom stereocenters. The van der Waals surface area contributed by atoms with Crippen LogP contribution in [0.5, 0.6) is 0 Å². The van der Waals surface area contributed by atoms with Gasteiger partial charge in [-0.1, -0.05) is 158 Å². The summed E-state index contributed by atoms with van der Waals surface area (Å²) in [6.07, 6.45) is 1.04. The van der Waals surface area contributed by atoms with E-state index in [1.165, 1.54) is 105 Å². The minimum absolute atomic E-state index is 0.0102. The second-order valence-corrected chi connectivity index (χ2v) is 17.1. The SMILES string of the molecule is CCC1(C)c2cc(-c3ccc4c(c3)C(C)(C)c3ccccc3-4)ccc2-c2ccc(-c3ccc4ccc5cc(C(C)(C)C)cc6ccc3c4c56)cc21. The molecule has 2 aliphatic rings. The lowest BCUT2D eigenvalue weighted by molar-refractivity contribution is 0.565. The standard InChI is InChI=1S/C51H44/c1-8-51(7)45-28-32(31-16-21-39-38-11-9-10-12-43(38)50(5,6)44(39)27-31)17-22-40(45)41-23-18-33(29-46(41)51)37-20-15-30-13-14-34-25-36(49(2,3)4)26-35-19-24-42(37)48(30)47(34)35/h9-29H,8H2,1-7H3. The van der Waals surface area contributed by atoms with Gasteiger partial charge >= 0.3 is 0 Å². The van der Waals surface area contributed by atoms with Crippen molar-refractivity contribution >= 4 is 32.3 Å². The predicted molar refractivity (Wildman–Crippen MR) is 219 cm³/mol. The van der Waals surface area contributed by atoms with Gasteiger partial charge in [-0.05, 0) is 135 Å². The lowest BCUT2D eigenvalue weighted by Crippen LogP contribution is -2.19. The first-order chi connectivity index (χ1) is 24.5. The number of hydrogen-bond acceptors (Lipinski definition) is 0. The molecule has 0 aromatic heterocycles. The van der Waals surface area contributed by atoms with Crippen molar-refractivity contribution in [3.8, 4) is 44.5 Å². The number of fused-ring (bicyclic) bond motifs is 6. The average Bonchev–Trinajstić information content (AvgIpc) is 3.53. The second kappa shape index (κ2) is 10.2. The zero-order chi connectivity index (χ0) is 35.0. The first kappa shape index (κ1) is 30.6. The van der Waals surface area contributed by atoms with Crippen LogP contribution in [-0.2, 0) is 16.2 Å². The Bertz CT molecular complexity index is 2730. The Labute approximate surface area is 302 Å². The van der Waals surface area contributed by atoms with E-state index in [1.54, 1.807) is 0 Å². The normalized spacial score (nSPS) is 17.2. The van der Waals surface area contributed by atoms with Crippen LogP contribution in [0.3, 0.4) is 0 Å². The first-order valence-electron chi connectivity index (χ1n) is 18.7. The Kier molecular flexibility index (Phi) is 6.12. The number of hydrogen-bond donors (Lipinski definition) is 0. The summed E-state index contributed by atoms with van der Waals surface area (Å²) in [6, 6.07) is 49.4. The average molecular weight is 657 g/mol. The molecule has 0 N–H and O–H groups in total. The van der Waals surface area contributed by atoms with Crippen molar-refractivity contribution in [2.45, 2.75) is 71.1 Å². The molecular weight excluding hydrogens is 613 g/mol. The Hall–Kier alpha value is -5.20. The van der Waals surface area contributed by atoms with Gasteiger partial charge in [0.15, 0.2) is 0 Å². The zero-order valence-electron chi connectivity index (χ0n) is 30.8. The van der Waals surface area contributed by atoms with Gasteiger partial charge < -0.3 is 0 Å². The van der Waals surface area contributed by atoms with Crippen molar-refractivity contribution in [1.29, 1.82) is 0 Å². The topological polar surface area (TPSA) is 0 Å². The molecule has 0 radical (unpaired) electrons. The molecule has 8 aromatic carbocycles. The third kappa shape index (κ3) is 4.14. The highest BCUT2D eigenvalue weighted by Crippen LogP contribution is 2.54. The molecule has 1 unspecified atom stereocenters. The van der Waals surface area contributed by atoms with Crippen LogP contribution < -0.4 is 0 Å². The van der Waals surface area contributed by atoms with Gasteiger partial charge in [0.25, 0.3) is 0 Å². The summed E-state index contributed by atoms with van der Waals surface area (Å²) in [4.78, 5) is 0. The van der Waals surface area contributed by atoms with E-state index >= 15 is 0 Å². The third-order valence-corrected chi connectivity index (χ3v) is 12.9. The summed E-state index contributed by atoms with van der Waals surface area (Å²) in [5.41, 5.74) is 17.9. The van der Waals surface area contributed by atoms with Crippen LogP contribution in [0, 0.1) is 0 Å². The maximum Gasteiger partial charge on any atom is 0.0184 e. The molecule has 10 rings (SSSR count). The fraction of sp³-hybridized carbons (Fsp3) is 0.216. The van der Waals surface area contributed by atoms with Crippen molar-refractivity contribution in [3.05, 3.63) is 155 Å². The lowest BCUT2D eigenvalue weighted by Gasteiger charge is -2.27. The van der Waals surface area contributed by atoms with Crippen LogP contribution in [0.25, 0.3) is 76.8 Å². The molecule has 8 aromatic rings. The van der Waals surface area contributed by atoms with E-state index in [4.69, 9.17) is 0 Å². The van der Waals surface area contributed by atoms with Crippen molar-refractivity contribution in [2.75, 3.05) is 0 Å². The zero-order valence-corrected chi connectivity index (χ0v) is 30.8. The predicted octanol–water partition coefficient (Wildman–Crippen LogP) is 14.2. The molecule has 0 heterocycles. The molecule has 0 bridgehead atoms. The van der Waals surface area contributed by atoms with Crippen LogP contribution in [0.2, 0.25) is 0 Å².